The van der Waals surface area contributed by atoms with Crippen LogP contribution < -0.4 is 4.90 Å². The predicted molar refractivity (Wildman–Crippen MR) is 102 cm³/mol. The summed E-state index contributed by atoms with van der Waals surface area (Å²) in [5, 5.41) is 10.8. The Bertz CT molecular complexity index is 908. The highest BCUT2D eigenvalue weighted by atomic mass is 16.6. The molecule has 1 fully saturated rings. The summed E-state index contributed by atoms with van der Waals surface area (Å²) < 4.78 is 0. The summed E-state index contributed by atoms with van der Waals surface area (Å²) in [6, 6.07) is 10.7. The van der Waals surface area contributed by atoms with Crippen LogP contribution in [0.3, 0.4) is 0 Å². The molecule has 3 rings (SSSR count). The van der Waals surface area contributed by atoms with Gasteiger partial charge in [0.1, 0.15) is 6.04 Å². The van der Waals surface area contributed by atoms with E-state index in [0.717, 1.165) is 16.8 Å². The number of rotatable bonds is 3. The van der Waals surface area contributed by atoms with Gasteiger partial charge in [-0.3, -0.25) is 19.7 Å². The summed E-state index contributed by atoms with van der Waals surface area (Å²) in [5.74, 6) is -0.440. The van der Waals surface area contributed by atoms with Crippen molar-refractivity contribution in [2.24, 2.45) is 0 Å². The van der Waals surface area contributed by atoms with Gasteiger partial charge in [-0.1, -0.05) is 6.07 Å². The monoisotopic (exact) mass is 367 g/mol. The van der Waals surface area contributed by atoms with E-state index in [1.165, 1.54) is 29.2 Å². The zero-order valence-corrected chi connectivity index (χ0v) is 15.5. The van der Waals surface area contributed by atoms with E-state index in [-0.39, 0.29) is 17.5 Å². The van der Waals surface area contributed by atoms with Crippen molar-refractivity contribution in [3.05, 3.63) is 69.3 Å². The van der Waals surface area contributed by atoms with Crippen molar-refractivity contribution >= 4 is 23.2 Å². The van der Waals surface area contributed by atoms with Crippen molar-refractivity contribution < 1.29 is 14.5 Å². The molecule has 27 heavy (non-hydrogen) atoms. The third kappa shape index (κ3) is 3.53. The highest BCUT2D eigenvalue weighted by Gasteiger charge is 2.35. The molecule has 2 amide bonds. The highest BCUT2D eigenvalue weighted by molar-refractivity contribution is 6.03. The van der Waals surface area contributed by atoms with E-state index in [2.05, 4.69) is 0 Å². The number of carbonyl (C=O) groups is 2. The average molecular weight is 367 g/mol. The standard InChI is InChI=1S/C20H21N3O4/c1-13-4-7-18(12-14(13)2)22-11-10-21(15(3)19(22)24)20(25)16-5-8-17(9-6-16)23(26)27/h4-9,12,15H,10-11H2,1-3H3/t15-/m1/s1. The van der Waals surface area contributed by atoms with Gasteiger partial charge >= 0.3 is 0 Å². The molecule has 2 aromatic carbocycles. The number of nitro benzene ring substituents is 1. The molecule has 0 aromatic heterocycles. The molecule has 1 heterocycles. The van der Waals surface area contributed by atoms with Crippen LogP contribution in [0.5, 0.6) is 0 Å². The molecule has 0 radical (unpaired) electrons. The Morgan fingerprint density at radius 1 is 1.07 bits per heavy atom. The van der Waals surface area contributed by atoms with Crippen LogP contribution in [0.25, 0.3) is 0 Å². The van der Waals surface area contributed by atoms with Crippen LogP contribution in [-0.4, -0.2) is 40.8 Å². The smallest absolute Gasteiger partial charge is 0.269 e. The maximum Gasteiger partial charge on any atom is 0.269 e. The molecule has 7 heteroatoms. The summed E-state index contributed by atoms with van der Waals surface area (Å²) in [7, 11) is 0. The second kappa shape index (κ2) is 7.19. The van der Waals surface area contributed by atoms with Gasteiger partial charge in [0.2, 0.25) is 5.91 Å². The Hall–Kier alpha value is -3.22. The highest BCUT2D eigenvalue weighted by Crippen LogP contribution is 2.24. The maximum atomic E-state index is 12.9. The molecule has 140 valence electrons. The van der Waals surface area contributed by atoms with Crippen LogP contribution in [0.4, 0.5) is 11.4 Å². The fourth-order valence-corrected chi connectivity index (χ4v) is 3.19. The number of hydrogen-bond donors (Lipinski definition) is 0. The number of benzene rings is 2. The fourth-order valence-electron chi connectivity index (χ4n) is 3.19. The lowest BCUT2D eigenvalue weighted by atomic mass is 10.1. The summed E-state index contributed by atoms with van der Waals surface area (Å²) in [6.07, 6.45) is 0. The Morgan fingerprint density at radius 2 is 1.74 bits per heavy atom. The van der Waals surface area contributed by atoms with E-state index in [0.29, 0.717) is 18.7 Å². The number of aryl methyl sites for hydroxylation is 2. The van der Waals surface area contributed by atoms with Gasteiger partial charge in [0, 0.05) is 36.5 Å². The first-order valence-corrected chi connectivity index (χ1v) is 8.73. The van der Waals surface area contributed by atoms with Crippen molar-refractivity contribution in [1.29, 1.82) is 0 Å². The minimum atomic E-state index is -0.608. The number of amides is 2. The van der Waals surface area contributed by atoms with Gasteiger partial charge in [0.25, 0.3) is 11.6 Å². The Morgan fingerprint density at radius 3 is 2.33 bits per heavy atom. The van der Waals surface area contributed by atoms with Crippen molar-refractivity contribution in [2.75, 3.05) is 18.0 Å². The van der Waals surface area contributed by atoms with E-state index in [1.54, 1.807) is 11.8 Å². The summed E-state index contributed by atoms with van der Waals surface area (Å²) in [4.78, 5) is 39.1. The van der Waals surface area contributed by atoms with Gasteiger partial charge in [-0.15, -0.1) is 0 Å². The zero-order chi connectivity index (χ0) is 19.7. The Labute approximate surface area is 157 Å². The summed E-state index contributed by atoms with van der Waals surface area (Å²) in [6.45, 7) is 6.53. The molecule has 0 aliphatic carbocycles. The van der Waals surface area contributed by atoms with Gasteiger partial charge < -0.3 is 9.80 Å². The molecule has 0 N–H and O–H groups in total. The first-order valence-electron chi connectivity index (χ1n) is 8.73. The third-order valence-electron chi connectivity index (χ3n) is 5.04. The minimum absolute atomic E-state index is 0.0739. The summed E-state index contributed by atoms with van der Waals surface area (Å²) >= 11 is 0. The van der Waals surface area contributed by atoms with Crippen LogP contribution >= 0.6 is 0 Å². The van der Waals surface area contributed by atoms with Crippen LogP contribution in [0, 0.1) is 24.0 Å². The molecule has 1 aliphatic rings. The van der Waals surface area contributed by atoms with Crippen LogP contribution in [0.2, 0.25) is 0 Å². The minimum Gasteiger partial charge on any atom is -0.325 e. The number of piperazine rings is 1. The lowest BCUT2D eigenvalue weighted by Gasteiger charge is -2.39. The Balaban J connectivity index is 1.78. The average Bonchev–Trinajstić information content (AvgIpc) is 2.66. The molecule has 2 aromatic rings. The van der Waals surface area contributed by atoms with Crippen LogP contribution in [0.15, 0.2) is 42.5 Å². The van der Waals surface area contributed by atoms with Crippen molar-refractivity contribution in [2.45, 2.75) is 26.8 Å². The lowest BCUT2D eigenvalue weighted by Crippen LogP contribution is -2.57. The largest absolute Gasteiger partial charge is 0.325 e. The zero-order valence-electron chi connectivity index (χ0n) is 15.5. The fraction of sp³-hybridized carbons (Fsp3) is 0.300. The van der Waals surface area contributed by atoms with Gasteiger partial charge in [-0.05, 0) is 56.2 Å². The van der Waals surface area contributed by atoms with E-state index in [1.807, 2.05) is 32.0 Å². The second-order valence-electron chi connectivity index (χ2n) is 6.74. The molecule has 0 bridgehead atoms. The van der Waals surface area contributed by atoms with E-state index in [9.17, 15) is 19.7 Å². The first-order chi connectivity index (χ1) is 12.8. The molecule has 7 nitrogen and oxygen atoms in total. The molecule has 0 unspecified atom stereocenters. The molecule has 0 spiro atoms. The van der Waals surface area contributed by atoms with Crippen LogP contribution in [-0.2, 0) is 4.79 Å². The maximum absolute atomic E-state index is 12.9. The number of nitrogens with zero attached hydrogens (tertiary/aromatic N) is 3. The number of non-ortho nitro benzene ring substituents is 1. The van der Waals surface area contributed by atoms with Gasteiger partial charge in [-0.2, -0.15) is 0 Å². The number of nitro groups is 1. The Kier molecular flexibility index (Phi) is 4.94. The topological polar surface area (TPSA) is 83.8 Å². The predicted octanol–water partition coefficient (Wildman–Crippen LogP) is 3.09. The number of hydrogen-bond acceptors (Lipinski definition) is 4. The van der Waals surface area contributed by atoms with Crippen LogP contribution in [0.1, 0.15) is 28.4 Å². The van der Waals surface area contributed by atoms with Crippen molar-refractivity contribution in [3.8, 4) is 0 Å². The lowest BCUT2D eigenvalue weighted by molar-refractivity contribution is -0.384. The second-order valence-corrected chi connectivity index (χ2v) is 6.74. The molecule has 0 saturated carbocycles. The SMILES string of the molecule is Cc1ccc(N2CCN(C(=O)c3ccc([N+](=O)[O-])cc3)[C@H](C)C2=O)cc1C. The first kappa shape index (κ1) is 18.6. The van der Waals surface area contributed by atoms with E-state index in [4.69, 9.17) is 0 Å². The van der Waals surface area contributed by atoms with Crippen molar-refractivity contribution in [1.82, 2.24) is 4.90 Å². The molecular formula is C20H21N3O4. The quantitative estimate of drug-likeness (QED) is 0.616. The normalized spacial score (nSPS) is 17.1. The van der Waals surface area contributed by atoms with E-state index < -0.39 is 11.0 Å². The van der Waals surface area contributed by atoms with Crippen molar-refractivity contribution in [3.63, 3.8) is 0 Å². The molecule has 1 aliphatic heterocycles. The van der Waals surface area contributed by atoms with Gasteiger partial charge in [-0.25, -0.2) is 0 Å². The third-order valence-corrected chi connectivity index (χ3v) is 5.04. The molecule has 1 atom stereocenters. The number of carbonyl (C=O) groups excluding carboxylic acids is 2. The molecule has 1 saturated heterocycles. The van der Waals surface area contributed by atoms with Gasteiger partial charge in [0.05, 0.1) is 4.92 Å². The number of anilines is 1. The summed E-state index contributed by atoms with van der Waals surface area (Å²) in [5.41, 5.74) is 3.36. The van der Waals surface area contributed by atoms with Gasteiger partial charge in [0.15, 0.2) is 0 Å². The van der Waals surface area contributed by atoms with E-state index >= 15 is 0 Å². The molecular weight excluding hydrogens is 346 g/mol.